The Hall–Kier alpha value is -7.47. The fourth-order valence-corrected chi connectivity index (χ4v) is 14.3. The Morgan fingerprint density at radius 3 is 2.20 bits per heavy atom. The van der Waals surface area contributed by atoms with E-state index in [1.54, 1.807) is 24.4 Å². The van der Waals surface area contributed by atoms with Gasteiger partial charge in [-0.05, 0) is 195 Å². The monoisotopic (exact) mass is 1160 g/mol. The highest BCUT2D eigenvalue weighted by Gasteiger charge is 2.46. The molecule has 3 N–H and O–H groups in total. The molecule has 5 fully saturated rings. The normalized spacial score (nSPS) is 22.6. The summed E-state index contributed by atoms with van der Waals surface area (Å²) in [4.78, 5) is 110. The number of fused-ring (bicyclic) bond motifs is 1. The zero-order valence-corrected chi connectivity index (χ0v) is 50.7. The zero-order valence-electron chi connectivity index (χ0n) is 50.7. The lowest BCUT2D eigenvalue weighted by atomic mass is 9.72. The van der Waals surface area contributed by atoms with Gasteiger partial charge in [-0.2, -0.15) is 0 Å². The van der Waals surface area contributed by atoms with Gasteiger partial charge in [-0.1, -0.05) is 38.1 Å². The second kappa shape index (κ2) is 25.6. The number of nitrogens with zero attached hydrogens (tertiary/aromatic N) is 7. The summed E-state index contributed by atoms with van der Waals surface area (Å²) in [5, 5.41) is 9.36. The first kappa shape index (κ1) is 60.6. The number of pyridine rings is 1. The van der Waals surface area contributed by atoms with Crippen LogP contribution in [-0.2, 0) is 29.4 Å². The van der Waals surface area contributed by atoms with E-state index in [1.165, 1.54) is 32.4 Å². The SMILES string of the molecule is C=CN(c1c(C)cc(-c2ccc(C3(C)CCN(C(=O)C4CCN(C(=O)C5CCC(Nc6cccc7c6C(=O)N(C(CCC=O)C(=O)NC)C7=O)CC5)C4)CC3)c(N(C=O)C3CC(N4CCCCC4)C3)c2)nc1Nc1cc(C)c(C)cc1F)C(C)C. The van der Waals surface area contributed by atoms with E-state index >= 15 is 4.39 Å². The average molecular weight is 1160 g/mol. The molecule has 2 aliphatic carbocycles. The quantitative estimate of drug-likeness (QED) is 0.0562. The lowest BCUT2D eigenvalue weighted by Gasteiger charge is -2.49. The lowest BCUT2D eigenvalue weighted by Crippen LogP contribution is -2.55. The van der Waals surface area contributed by atoms with Gasteiger partial charge in [0.25, 0.3) is 11.8 Å². The van der Waals surface area contributed by atoms with Gasteiger partial charge >= 0.3 is 0 Å². The number of aldehydes is 1. The van der Waals surface area contributed by atoms with Crippen LogP contribution in [0.15, 0.2) is 67.4 Å². The molecule has 6 aliphatic rings. The predicted molar refractivity (Wildman–Crippen MR) is 329 cm³/mol. The second-order valence-electron chi connectivity index (χ2n) is 25.3. The first-order chi connectivity index (χ1) is 40.9. The van der Waals surface area contributed by atoms with Crippen LogP contribution < -0.4 is 25.8 Å². The van der Waals surface area contributed by atoms with E-state index in [4.69, 9.17) is 4.98 Å². The molecule has 18 heteroatoms. The number of halogens is 1. The molecule has 10 rings (SSSR count). The van der Waals surface area contributed by atoms with E-state index in [0.29, 0.717) is 106 Å². The molecule has 3 aromatic carbocycles. The molecule has 452 valence electrons. The second-order valence-corrected chi connectivity index (χ2v) is 25.3. The van der Waals surface area contributed by atoms with Crippen LogP contribution in [0.4, 0.5) is 33.0 Å². The molecule has 0 radical (unpaired) electrons. The molecule has 4 aliphatic heterocycles. The third kappa shape index (κ3) is 12.2. The lowest BCUT2D eigenvalue weighted by molar-refractivity contribution is -0.138. The zero-order chi connectivity index (χ0) is 60.4. The van der Waals surface area contributed by atoms with Crippen LogP contribution in [-0.4, -0.2) is 143 Å². The van der Waals surface area contributed by atoms with E-state index in [1.807, 2.05) is 46.4 Å². The van der Waals surface area contributed by atoms with Crippen molar-refractivity contribution in [2.24, 2.45) is 11.8 Å². The van der Waals surface area contributed by atoms with Crippen LogP contribution in [0.3, 0.4) is 0 Å². The van der Waals surface area contributed by atoms with Crippen molar-refractivity contribution in [3.8, 4) is 11.3 Å². The fourth-order valence-electron chi connectivity index (χ4n) is 14.3. The van der Waals surface area contributed by atoms with Gasteiger partial charge in [-0.3, -0.25) is 33.7 Å². The Balaban J connectivity index is 0.815. The number of amides is 6. The van der Waals surface area contributed by atoms with Crippen LogP contribution in [0.2, 0.25) is 0 Å². The number of aromatic nitrogens is 1. The summed E-state index contributed by atoms with van der Waals surface area (Å²) in [5.74, 6) is -1.92. The summed E-state index contributed by atoms with van der Waals surface area (Å²) >= 11 is 0. The standard InChI is InChI=1S/C67H85FN10O7/c1-9-76(41(2)3)60-44(6)35-55(71-61(60)72-56-34-43(5)42(4)33-53(56)68)46-20-23-52(58(36-46)77(40-80)50-37-49(38-50)73-27-11-10-12-28-73)67(7)25-30-74(31-26-67)64(83)47-24-29-75(39-47)63(82)45-18-21-48(22-19-45)70-54-16-13-15-51-59(54)66(85)78(65(51)84)57(17-14-32-79)62(81)69-8/h9,13,15-16,20,23,32-36,40-41,45,47-50,57,70H,1,10-12,14,17-19,21-22,24-31,37-39H2,2-8H3,(H,69,81)(H,71,72). The van der Waals surface area contributed by atoms with Crippen LogP contribution in [0.25, 0.3) is 11.3 Å². The Morgan fingerprint density at radius 2 is 1.53 bits per heavy atom. The molecule has 0 spiro atoms. The third-order valence-electron chi connectivity index (χ3n) is 19.6. The summed E-state index contributed by atoms with van der Waals surface area (Å²) < 4.78 is 15.7. The Bertz CT molecular complexity index is 3230. The van der Waals surface area contributed by atoms with Crippen LogP contribution in [0, 0.1) is 38.4 Å². The number of hydrogen-bond acceptors (Lipinski definition) is 12. The van der Waals surface area contributed by atoms with Crippen molar-refractivity contribution in [2.75, 3.05) is 66.7 Å². The van der Waals surface area contributed by atoms with E-state index in [2.05, 4.69) is 72.5 Å². The maximum absolute atomic E-state index is 15.7. The number of carbonyl (C=O) groups is 7. The van der Waals surface area contributed by atoms with Crippen molar-refractivity contribution in [3.63, 3.8) is 0 Å². The average Bonchev–Trinajstić information content (AvgIpc) is 2.55. The van der Waals surface area contributed by atoms with Crippen molar-refractivity contribution in [1.29, 1.82) is 0 Å². The number of imide groups is 1. The van der Waals surface area contributed by atoms with Crippen molar-refractivity contribution < 1.29 is 38.0 Å². The van der Waals surface area contributed by atoms with Gasteiger partial charge in [-0.25, -0.2) is 9.37 Å². The molecule has 2 unspecified atom stereocenters. The molecule has 6 amide bonds. The van der Waals surface area contributed by atoms with Gasteiger partial charge in [0, 0.05) is 86.7 Å². The Morgan fingerprint density at radius 1 is 0.824 bits per heavy atom. The molecule has 4 aromatic rings. The third-order valence-corrected chi connectivity index (χ3v) is 19.6. The van der Waals surface area contributed by atoms with E-state index in [-0.39, 0.29) is 77.0 Å². The van der Waals surface area contributed by atoms with E-state index in [9.17, 15) is 33.6 Å². The topological polar surface area (TPSA) is 188 Å². The van der Waals surface area contributed by atoms with Crippen LogP contribution in [0.5, 0.6) is 0 Å². The maximum atomic E-state index is 15.7. The van der Waals surface area contributed by atoms with Crippen molar-refractivity contribution in [2.45, 2.75) is 167 Å². The number of piperidine rings is 2. The van der Waals surface area contributed by atoms with Crippen LogP contribution >= 0.6 is 0 Å². The fraction of sp³-hybridized carbons (Fsp3) is 0.522. The highest BCUT2D eigenvalue weighted by molar-refractivity contribution is 6.25. The molecular weight excluding hydrogens is 1080 g/mol. The van der Waals surface area contributed by atoms with Gasteiger partial charge in [-0.15, -0.1) is 0 Å². The summed E-state index contributed by atoms with van der Waals surface area (Å²) in [5.41, 5.74) is 7.79. The first-order valence-corrected chi connectivity index (χ1v) is 31.0. The van der Waals surface area contributed by atoms with Gasteiger partial charge in [0.15, 0.2) is 5.82 Å². The summed E-state index contributed by atoms with van der Waals surface area (Å²) in [7, 11) is 1.43. The summed E-state index contributed by atoms with van der Waals surface area (Å²) in [6.07, 6.45) is 13.5. The number of hydrogen-bond donors (Lipinski definition) is 3. The van der Waals surface area contributed by atoms with Crippen molar-refractivity contribution in [3.05, 3.63) is 107 Å². The summed E-state index contributed by atoms with van der Waals surface area (Å²) in [6.45, 7) is 20.6. The molecule has 2 saturated carbocycles. The number of benzene rings is 3. The number of anilines is 5. The Labute approximate surface area is 500 Å². The van der Waals surface area contributed by atoms with Crippen molar-refractivity contribution >= 4 is 70.8 Å². The number of carbonyl (C=O) groups excluding carboxylic acids is 7. The predicted octanol–water partition coefficient (Wildman–Crippen LogP) is 9.98. The molecule has 3 saturated heterocycles. The number of likely N-dealkylation sites (tertiary alicyclic amines) is 3. The van der Waals surface area contributed by atoms with Gasteiger partial charge < -0.3 is 45.2 Å². The first-order valence-electron chi connectivity index (χ1n) is 31.0. The molecule has 1 aromatic heterocycles. The highest BCUT2D eigenvalue weighted by atomic mass is 19.1. The minimum Gasteiger partial charge on any atom is -0.382 e. The molecule has 17 nitrogen and oxygen atoms in total. The number of nitrogens with one attached hydrogen (secondary N) is 3. The Kier molecular flexibility index (Phi) is 18.3. The van der Waals surface area contributed by atoms with Crippen LogP contribution in [0.1, 0.15) is 154 Å². The van der Waals surface area contributed by atoms with Gasteiger partial charge in [0.2, 0.25) is 24.1 Å². The molecular formula is C67H85FN10O7. The minimum atomic E-state index is -1.12. The van der Waals surface area contributed by atoms with E-state index < -0.39 is 23.8 Å². The number of rotatable bonds is 20. The van der Waals surface area contributed by atoms with E-state index in [0.717, 1.165) is 76.4 Å². The molecule has 85 heavy (non-hydrogen) atoms. The minimum absolute atomic E-state index is 0.0153. The molecule has 2 atom stereocenters. The summed E-state index contributed by atoms with van der Waals surface area (Å²) in [6, 6.07) is 16.1. The molecule has 5 heterocycles. The smallest absolute Gasteiger partial charge is 0.264 e. The van der Waals surface area contributed by atoms with Gasteiger partial charge in [0.1, 0.15) is 18.1 Å². The van der Waals surface area contributed by atoms with Gasteiger partial charge in [0.05, 0.1) is 34.1 Å². The highest BCUT2D eigenvalue weighted by Crippen LogP contribution is 2.46. The maximum Gasteiger partial charge on any atom is 0.264 e. The largest absolute Gasteiger partial charge is 0.382 e. The number of aryl methyl sites for hydroxylation is 3. The molecule has 0 bridgehead atoms. The van der Waals surface area contributed by atoms with Crippen molar-refractivity contribution in [1.82, 2.24) is 29.9 Å². The number of likely N-dealkylation sites (N-methyl/N-ethyl adjacent to an activating group) is 1.